The number of carbonyl (C=O) groups is 1. The molecule has 0 spiro atoms. The van der Waals surface area contributed by atoms with Gasteiger partial charge in [-0.2, -0.15) is 5.10 Å². The molecule has 72 valence electrons. The van der Waals surface area contributed by atoms with Crippen LogP contribution in [0.3, 0.4) is 0 Å². The van der Waals surface area contributed by atoms with Gasteiger partial charge in [-0.1, -0.05) is 0 Å². The third-order valence-corrected chi connectivity index (χ3v) is 1.72. The summed E-state index contributed by atoms with van der Waals surface area (Å²) in [5, 5.41) is 6.30. The smallest absolute Gasteiger partial charge is 0.256 e. The molecule has 0 aliphatic carbocycles. The van der Waals surface area contributed by atoms with E-state index in [9.17, 15) is 4.79 Å². The SMILES string of the molecule is COCCN(C)C(=O)c1cn[nH]c1. The average Bonchev–Trinajstić information content (AvgIpc) is 2.65. The van der Waals surface area contributed by atoms with Crippen molar-refractivity contribution < 1.29 is 9.53 Å². The van der Waals surface area contributed by atoms with E-state index in [1.54, 1.807) is 25.3 Å². The van der Waals surface area contributed by atoms with Gasteiger partial charge in [0.2, 0.25) is 0 Å². The summed E-state index contributed by atoms with van der Waals surface area (Å²) in [6.45, 7) is 1.13. The highest BCUT2D eigenvalue weighted by Crippen LogP contribution is 1.99. The Hall–Kier alpha value is -1.36. The van der Waals surface area contributed by atoms with Crippen molar-refractivity contribution in [2.45, 2.75) is 0 Å². The number of hydrogen-bond donors (Lipinski definition) is 1. The van der Waals surface area contributed by atoms with Gasteiger partial charge in [0.05, 0.1) is 18.4 Å². The fourth-order valence-electron chi connectivity index (χ4n) is 0.918. The van der Waals surface area contributed by atoms with Gasteiger partial charge in [-0.05, 0) is 0 Å². The number of rotatable bonds is 4. The fraction of sp³-hybridized carbons (Fsp3) is 0.500. The number of amides is 1. The van der Waals surface area contributed by atoms with Crippen LogP contribution in [0.2, 0.25) is 0 Å². The van der Waals surface area contributed by atoms with E-state index in [1.807, 2.05) is 0 Å². The van der Waals surface area contributed by atoms with Gasteiger partial charge in [-0.15, -0.1) is 0 Å². The van der Waals surface area contributed by atoms with E-state index in [0.29, 0.717) is 18.7 Å². The third kappa shape index (κ3) is 2.55. The van der Waals surface area contributed by atoms with Crippen LogP contribution in [0.1, 0.15) is 10.4 Å². The average molecular weight is 183 g/mol. The van der Waals surface area contributed by atoms with Gasteiger partial charge in [0, 0.05) is 26.9 Å². The van der Waals surface area contributed by atoms with Crippen LogP contribution < -0.4 is 0 Å². The van der Waals surface area contributed by atoms with Crippen LogP contribution in [0.4, 0.5) is 0 Å². The van der Waals surface area contributed by atoms with Crippen molar-refractivity contribution in [2.75, 3.05) is 27.3 Å². The normalized spacial score (nSPS) is 10.0. The zero-order chi connectivity index (χ0) is 9.68. The molecular formula is C8H13N3O2. The highest BCUT2D eigenvalue weighted by Gasteiger charge is 2.11. The lowest BCUT2D eigenvalue weighted by Crippen LogP contribution is -2.29. The van der Waals surface area contributed by atoms with Crippen LogP contribution in [0.25, 0.3) is 0 Å². The number of nitrogens with one attached hydrogen (secondary N) is 1. The summed E-state index contributed by atoms with van der Waals surface area (Å²) in [5.74, 6) is -0.0502. The molecule has 0 atom stereocenters. The summed E-state index contributed by atoms with van der Waals surface area (Å²) in [6.07, 6.45) is 3.08. The van der Waals surface area contributed by atoms with E-state index in [-0.39, 0.29) is 5.91 Å². The minimum atomic E-state index is -0.0502. The number of hydrogen-bond acceptors (Lipinski definition) is 3. The zero-order valence-corrected chi connectivity index (χ0v) is 7.78. The molecule has 1 rings (SSSR count). The van der Waals surface area contributed by atoms with Gasteiger partial charge in [0.15, 0.2) is 0 Å². The molecule has 0 aliphatic rings. The second-order valence-corrected chi connectivity index (χ2v) is 2.71. The lowest BCUT2D eigenvalue weighted by atomic mass is 10.3. The van der Waals surface area contributed by atoms with Crippen molar-refractivity contribution in [1.29, 1.82) is 0 Å². The monoisotopic (exact) mass is 183 g/mol. The number of likely N-dealkylation sites (N-methyl/N-ethyl adjacent to an activating group) is 1. The standard InChI is InChI=1S/C8H13N3O2/c1-11(3-4-13-2)8(12)7-5-9-10-6-7/h5-6H,3-4H2,1-2H3,(H,9,10). The van der Waals surface area contributed by atoms with E-state index >= 15 is 0 Å². The van der Waals surface area contributed by atoms with Crippen molar-refractivity contribution >= 4 is 5.91 Å². The van der Waals surface area contributed by atoms with Crippen molar-refractivity contribution in [1.82, 2.24) is 15.1 Å². The first kappa shape index (κ1) is 9.73. The molecule has 1 heterocycles. The van der Waals surface area contributed by atoms with E-state index in [2.05, 4.69) is 10.2 Å². The first-order chi connectivity index (χ1) is 6.25. The Morgan fingerprint density at radius 1 is 1.77 bits per heavy atom. The topological polar surface area (TPSA) is 58.2 Å². The van der Waals surface area contributed by atoms with E-state index in [1.165, 1.54) is 6.20 Å². The highest BCUT2D eigenvalue weighted by molar-refractivity contribution is 5.93. The maximum Gasteiger partial charge on any atom is 0.256 e. The molecule has 0 saturated heterocycles. The van der Waals surface area contributed by atoms with Crippen molar-refractivity contribution in [2.24, 2.45) is 0 Å². The lowest BCUT2D eigenvalue weighted by molar-refractivity contribution is 0.0744. The minimum absolute atomic E-state index is 0.0502. The Morgan fingerprint density at radius 2 is 2.54 bits per heavy atom. The summed E-state index contributed by atoms with van der Waals surface area (Å²) in [6, 6.07) is 0. The Bertz CT molecular complexity index is 258. The number of ether oxygens (including phenoxy) is 1. The third-order valence-electron chi connectivity index (χ3n) is 1.72. The van der Waals surface area contributed by atoms with Crippen molar-refractivity contribution in [3.63, 3.8) is 0 Å². The molecule has 5 heteroatoms. The summed E-state index contributed by atoms with van der Waals surface area (Å²) in [4.78, 5) is 13.1. The van der Waals surface area contributed by atoms with Crippen LogP contribution in [0.15, 0.2) is 12.4 Å². The second-order valence-electron chi connectivity index (χ2n) is 2.71. The Labute approximate surface area is 76.7 Å². The Morgan fingerprint density at radius 3 is 3.08 bits per heavy atom. The molecular weight excluding hydrogens is 170 g/mol. The molecule has 0 fully saturated rings. The molecule has 5 nitrogen and oxygen atoms in total. The molecule has 0 radical (unpaired) electrons. The van der Waals surface area contributed by atoms with Crippen molar-refractivity contribution in [3.05, 3.63) is 18.0 Å². The molecule has 0 unspecified atom stereocenters. The number of methoxy groups -OCH3 is 1. The van der Waals surface area contributed by atoms with Crippen LogP contribution in [0, 0.1) is 0 Å². The lowest BCUT2D eigenvalue weighted by Gasteiger charge is -2.14. The highest BCUT2D eigenvalue weighted by atomic mass is 16.5. The number of carbonyl (C=O) groups excluding carboxylic acids is 1. The maximum absolute atomic E-state index is 11.5. The molecule has 1 amide bonds. The first-order valence-electron chi connectivity index (χ1n) is 3.99. The van der Waals surface area contributed by atoms with Gasteiger partial charge in [-0.3, -0.25) is 9.89 Å². The Balaban J connectivity index is 2.48. The molecule has 1 N–H and O–H groups in total. The molecule has 13 heavy (non-hydrogen) atoms. The Kier molecular flexibility index (Phi) is 3.45. The summed E-state index contributed by atoms with van der Waals surface area (Å²) < 4.78 is 4.86. The molecule has 0 saturated carbocycles. The van der Waals surface area contributed by atoms with Crippen LogP contribution in [-0.4, -0.2) is 48.3 Å². The van der Waals surface area contributed by atoms with E-state index in [4.69, 9.17) is 4.74 Å². The molecule has 0 bridgehead atoms. The largest absolute Gasteiger partial charge is 0.383 e. The second kappa shape index (κ2) is 4.61. The van der Waals surface area contributed by atoms with E-state index in [0.717, 1.165) is 0 Å². The number of nitrogens with zero attached hydrogens (tertiary/aromatic N) is 2. The van der Waals surface area contributed by atoms with Crippen molar-refractivity contribution in [3.8, 4) is 0 Å². The van der Waals surface area contributed by atoms with E-state index < -0.39 is 0 Å². The number of aromatic nitrogens is 2. The number of H-pyrrole nitrogens is 1. The van der Waals surface area contributed by atoms with Gasteiger partial charge >= 0.3 is 0 Å². The fourth-order valence-corrected chi connectivity index (χ4v) is 0.918. The molecule has 0 aliphatic heterocycles. The van der Waals surface area contributed by atoms with Gasteiger partial charge in [-0.25, -0.2) is 0 Å². The summed E-state index contributed by atoms with van der Waals surface area (Å²) in [5.41, 5.74) is 0.568. The minimum Gasteiger partial charge on any atom is -0.383 e. The molecule has 0 aromatic carbocycles. The van der Waals surface area contributed by atoms with Crippen LogP contribution in [-0.2, 0) is 4.74 Å². The van der Waals surface area contributed by atoms with Gasteiger partial charge in [0.1, 0.15) is 0 Å². The van der Waals surface area contributed by atoms with Crippen LogP contribution >= 0.6 is 0 Å². The first-order valence-corrected chi connectivity index (χ1v) is 3.99. The number of aromatic amines is 1. The summed E-state index contributed by atoms with van der Waals surface area (Å²) in [7, 11) is 3.34. The zero-order valence-electron chi connectivity index (χ0n) is 7.78. The molecule has 1 aromatic rings. The van der Waals surface area contributed by atoms with Gasteiger partial charge in [0.25, 0.3) is 5.91 Å². The predicted molar refractivity (Wildman–Crippen MR) is 47.4 cm³/mol. The maximum atomic E-state index is 11.5. The van der Waals surface area contributed by atoms with Crippen LogP contribution in [0.5, 0.6) is 0 Å². The van der Waals surface area contributed by atoms with Gasteiger partial charge < -0.3 is 9.64 Å². The molecule has 1 aromatic heterocycles. The predicted octanol–water partition coefficient (Wildman–Crippen LogP) is 0.128. The quantitative estimate of drug-likeness (QED) is 0.721. The summed E-state index contributed by atoms with van der Waals surface area (Å²) >= 11 is 0.